The molecule has 0 spiro atoms. The Hall–Kier alpha value is -1.60. The molecule has 3 N–H and O–H groups in total. The number of primary amides is 1. The van der Waals surface area contributed by atoms with Crippen molar-refractivity contribution >= 4 is 24.3 Å². The third kappa shape index (κ3) is 13.4. The number of halogens is 4. The van der Waals surface area contributed by atoms with Crippen LogP contribution in [0.25, 0.3) is 0 Å². The van der Waals surface area contributed by atoms with Crippen molar-refractivity contribution in [2.45, 2.75) is 32.0 Å². The summed E-state index contributed by atoms with van der Waals surface area (Å²) in [6.07, 6.45) is -5.54. The van der Waals surface area contributed by atoms with Gasteiger partial charge in [0.2, 0.25) is 5.91 Å². The Kier molecular flexibility index (Phi) is 12.4. The summed E-state index contributed by atoms with van der Waals surface area (Å²) >= 11 is 5.61. The molecule has 1 aromatic carbocycles. The topological polar surface area (TPSA) is 72.2 Å². The van der Waals surface area contributed by atoms with Crippen LogP contribution in [0.1, 0.15) is 18.4 Å². The molecule has 1 amide bonds. The maximum atomic E-state index is 11.6. The smallest absolute Gasteiger partial charge is 0.368 e. The molecular formula is C14H20ClF3N2O2. The SMILES string of the molecule is C=O.CN[C@H](CCC(F)(F)F)C(N)=O.Cc1ccc(Cl)cc1. The van der Waals surface area contributed by atoms with Gasteiger partial charge in [-0.05, 0) is 32.5 Å². The number of aryl methyl sites for hydroxylation is 1. The number of benzene rings is 1. The Bertz CT molecular complexity index is 404. The summed E-state index contributed by atoms with van der Waals surface area (Å²) in [5.41, 5.74) is 6.05. The monoisotopic (exact) mass is 340 g/mol. The first kappa shape index (κ1) is 22.7. The molecule has 0 aliphatic rings. The highest BCUT2D eigenvalue weighted by molar-refractivity contribution is 6.30. The lowest BCUT2D eigenvalue weighted by Gasteiger charge is -2.12. The van der Waals surface area contributed by atoms with E-state index in [9.17, 15) is 18.0 Å². The van der Waals surface area contributed by atoms with Gasteiger partial charge in [-0.2, -0.15) is 13.2 Å². The van der Waals surface area contributed by atoms with Crippen molar-refractivity contribution in [3.05, 3.63) is 34.9 Å². The van der Waals surface area contributed by atoms with E-state index in [-0.39, 0.29) is 6.42 Å². The number of amides is 1. The zero-order valence-electron chi connectivity index (χ0n) is 12.4. The Balaban J connectivity index is 0. The Labute approximate surface area is 132 Å². The van der Waals surface area contributed by atoms with E-state index in [1.54, 1.807) is 0 Å². The molecule has 1 rings (SSSR count). The standard InChI is InChI=1S/C7H7Cl.C6H11F3N2O.CH2O/c1-6-2-4-7(8)5-3-6;1-11-4(5(10)12)2-3-6(7,8)9;1-2/h2-5H,1H3;4,11H,2-3H2,1H3,(H2,10,12);1H2/t;4-;/m.1./s1. The molecule has 8 heteroatoms. The number of carbonyl (C=O) groups excluding carboxylic acids is 2. The molecule has 0 unspecified atom stereocenters. The van der Waals surface area contributed by atoms with Gasteiger partial charge in [0.15, 0.2) is 0 Å². The predicted octanol–water partition coefficient (Wildman–Crippen LogP) is 2.87. The zero-order valence-corrected chi connectivity index (χ0v) is 13.2. The van der Waals surface area contributed by atoms with Crippen molar-refractivity contribution in [2.24, 2.45) is 5.73 Å². The molecule has 0 saturated carbocycles. The number of carbonyl (C=O) groups is 2. The quantitative estimate of drug-likeness (QED) is 0.885. The molecule has 0 fully saturated rings. The fraction of sp³-hybridized carbons (Fsp3) is 0.429. The third-order valence-electron chi connectivity index (χ3n) is 2.42. The van der Waals surface area contributed by atoms with E-state index in [1.807, 2.05) is 38.0 Å². The molecule has 4 nitrogen and oxygen atoms in total. The lowest BCUT2D eigenvalue weighted by molar-refractivity contribution is -0.138. The molecule has 0 aliphatic heterocycles. The predicted molar refractivity (Wildman–Crippen MR) is 80.6 cm³/mol. The highest BCUT2D eigenvalue weighted by atomic mass is 35.5. The van der Waals surface area contributed by atoms with Crippen LogP contribution in [-0.4, -0.2) is 32.0 Å². The van der Waals surface area contributed by atoms with Crippen LogP contribution in [0.4, 0.5) is 13.2 Å². The van der Waals surface area contributed by atoms with Crippen molar-refractivity contribution in [2.75, 3.05) is 7.05 Å². The van der Waals surface area contributed by atoms with Gasteiger partial charge in [-0.3, -0.25) is 4.79 Å². The molecule has 0 radical (unpaired) electrons. The van der Waals surface area contributed by atoms with E-state index < -0.39 is 24.5 Å². The Morgan fingerprint density at radius 2 is 1.77 bits per heavy atom. The van der Waals surface area contributed by atoms with Crippen LogP contribution >= 0.6 is 11.6 Å². The van der Waals surface area contributed by atoms with Crippen molar-refractivity contribution in [3.8, 4) is 0 Å². The van der Waals surface area contributed by atoms with Crippen LogP contribution in [-0.2, 0) is 9.59 Å². The second-order valence-electron chi connectivity index (χ2n) is 4.19. The van der Waals surface area contributed by atoms with E-state index in [2.05, 4.69) is 5.32 Å². The summed E-state index contributed by atoms with van der Waals surface area (Å²) < 4.78 is 34.9. The zero-order chi connectivity index (χ0) is 17.8. The molecule has 1 aromatic rings. The molecule has 126 valence electrons. The van der Waals surface area contributed by atoms with E-state index in [4.69, 9.17) is 22.1 Å². The van der Waals surface area contributed by atoms with Gasteiger partial charge in [-0.15, -0.1) is 0 Å². The van der Waals surface area contributed by atoms with E-state index in [0.29, 0.717) is 0 Å². The highest BCUT2D eigenvalue weighted by Gasteiger charge is 2.29. The van der Waals surface area contributed by atoms with Gasteiger partial charge in [0.05, 0.1) is 6.04 Å². The third-order valence-corrected chi connectivity index (χ3v) is 2.67. The first-order valence-corrected chi connectivity index (χ1v) is 6.58. The van der Waals surface area contributed by atoms with Crippen molar-refractivity contribution in [1.82, 2.24) is 5.32 Å². The van der Waals surface area contributed by atoms with Gasteiger partial charge in [0.1, 0.15) is 6.79 Å². The van der Waals surface area contributed by atoms with Crippen LogP contribution in [0.2, 0.25) is 5.02 Å². The fourth-order valence-corrected chi connectivity index (χ4v) is 1.40. The fourth-order valence-electron chi connectivity index (χ4n) is 1.27. The van der Waals surface area contributed by atoms with Crippen LogP contribution in [0, 0.1) is 6.92 Å². The van der Waals surface area contributed by atoms with Crippen molar-refractivity contribution < 1.29 is 22.8 Å². The van der Waals surface area contributed by atoms with Crippen molar-refractivity contribution in [3.63, 3.8) is 0 Å². The number of hydrogen-bond donors (Lipinski definition) is 2. The second-order valence-corrected chi connectivity index (χ2v) is 4.63. The Morgan fingerprint density at radius 3 is 2.05 bits per heavy atom. The van der Waals surface area contributed by atoms with Gasteiger partial charge in [-0.1, -0.05) is 29.3 Å². The molecule has 1 atom stereocenters. The molecule has 0 heterocycles. The molecule has 0 bridgehead atoms. The minimum absolute atomic E-state index is 0.310. The molecule has 0 saturated heterocycles. The number of alkyl halides is 3. The van der Waals surface area contributed by atoms with Crippen LogP contribution in [0.5, 0.6) is 0 Å². The Morgan fingerprint density at radius 1 is 1.32 bits per heavy atom. The largest absolute Gasteiger partial charge is 0.389 e. The maximum absolute atomic E-state index is 11.6. The number of hydrogen-bond acceptors (Lipinski definition) is 3. The molecular weight excluding hydrogens is 321 g/mol. The average molecular weight is 341 g/mol. The number of rotatable bonds is 4. The number of likely N-dealkylation sites (N-methyl/N-ethyl adjacent to an activating group) is 1. The average Bonchev–Trinajstić information content (AvgIpc) is 2.44. The normalized spacial score (nSPS) is 11.4. The van der Waals surface area contributed by atoms with Crippen LogP contribution in [0.15, 0.2) is 24.3 Å². The summed E-state index contributed by atoms with van der Waals surface area (Å²) in [5.74, 6) is -0.762. The molecule has 0 aliphatic carbocycles. The number of nitrogens with two attached hydrogens (primary N) is 1. The summed E-state index contributed by atoms with van der Waals surface area (Å²) in [4.78, 5) is 18.4. The lowest BCUT2D eigenvalue weighted by Crippen LogP contribution is -2.39. The highest BCUT2D eigenvalue weighted by Crippen LogP contribution is 2.22. The minimum atomic E-state index is -4.23. The van der Waals surface area contributed by atoms with E-state index >= 15 is 0 Å². The number of nitrogens with one attached hydrogen (secondary N) is 1. The van der Waals surface area contributed by atoms with E-state index in [1.165, 1.54) is 12.6 Å². The van der Waals surface area contributed by atoms with Gasteiger partial charge in [0.25, 0.3) is 0 Å². The van der Waals surface area contributed by atoms with Gasteiger partial charge in [0, 0.05) is 11.4 Å². The molecule has 22 heavy (non-hydrogen) atoms. The maximum Gasteiger partial charge on any atom is 0.389 e. The first-order chi connectivity index (χ1) is 10.2. The summed E-state index contributed by atoms with van der Waals surface area (Å²) in [7, 11) is 1.39. The lowest BCUT2D eigenvalue weighted by atomic mass is 10.1. The van der Waals surface area contributed by atoms with Gasteiger partial charge >= 0.3 is 6.18 Å². The van der Waals surface area contributed by atoms with Gasteiger partial charge in [-0.25, -0.2) is 0 Å². The van der Waals surface area contributed by atoms with Crippen molar-refractivity contribution in [1.29, 1.82) is 0 Å². The van der Waals surface area contributed by atoms with Gasteiger partial charge < -0.3 is 15.8 Å². The van der Waals surface area contributed by atoms with E-state index in [0.717, 1.165) is 5.02 Å². The van der Waals surface area contributed by atoms with Crippen LogP contribution in [0.3, 0.4) is 0 Å². The summed E-state index contributed by atoms with van der Waals surface area (Å²) in [6, 6.07) is 6.85. The molecule has 0 aromatic heterocycles. The summed E-state index contributed by atoms with van der Waals surface area (Å²) in [5, 5.41) is 3.20. The van der Waals surface area contributed by atoms with Crippen LogP contribution < -0.4 is 11.1 Å². The second kappa shape index (κ2) is 12.0. The minimum Gasteiger partial charge on any atom is -0.368 e. The first-order valence-electron chi connectivity index (χ1n) is 6.20. The summed E-state index contributed by atoms with van der Waals surface area (Å²) in [6.45, 7) is 4.04.